The van der Waals surface area contributed by atoms with Crippen molar-refractivity contribution in [1.29, 1.82) is 0 Å². The summed E-state index contributed by atoms with van der Waals surface area (Å²) >= 11 is 0. The number of aromatic amines is 1. The Morgan fingerprint density at radius 3 is 2.73 bits per heavy atom. The molecule has 2 fully saturated rings. The van der Waals surface area contributed by atoms with Gasteiger partial charge in [-0.05, 0) is 49.8 Å². The average Bonchev–Trinajstić information content (AvgIpc) is 3.55. The Morgan fingerprint density at radius 1 is 1.24 bits per heavy atom. The molecule has 10 heteroatoms. The largest absolute Gasteiger partial charge is 0.493 e. The molecule has 0 radical (unpaired) electrons. The third-order valence-corrected chi connectivity index (χ3v) is 7.26. The van der Waals surface area contributed by atoms with Crippen molar-refractivity contribution in [3.63, 3.8) is 0 Å². The fraction of sp³-hybridized carbons (Fsp3) is 0.481. The highest BCUT2D eigenvalue weighted by molar-refractivity contribution is 6.09. The number of aromatic nitrogens is 3. The van der Waals surface area contributed by atoms with E-state index < -0.39 is 6.43 Å². The number of ether oxygens (including phenoxy) is 1. The Morgan fingerprint density at radius 2 is 2.03 bits per heavy atom. The molecule has 2 aromatic heterocycles. The molecule has 8 nitrogen and oxygen atoms in total. The maximum Gasteiger partial charge on any atom is 0.263 e. The lowest BCUT2D eigenvalue weighted by Crippen LogP contribution is -2.40. The van der Waals surface area contributed by atoms with Crippen LogP contribution in [0.25, 0.3) is 22.3 Å². The van der Waals surface area contributed by atoms with Crippen molar-refractivity contribution in [1.82, 2.24) is 25.2 Å². The summed E-state index contributed by atoms with van der Waals surface area (Å²) in [6.07, 6.45) is 1.31. The van der Waals surface area contributed by atoms with Gasteiger partial charge in [0.15, 0.2) is 0 Å². The lowest BCUT2D eigenvalue weighted by atomic mass is 10.0. The van der Waals surface area contributed by atoms with Gasteiger partial charge in [0.05, 0.1) is 23.7 Å². The molecule has 1 saturated heterocycles. The molecule has 0 spiro atoms. The van der Waals surface area contributed by atoms with Crippen LogP contribution in [0.1, 0.15) is 61.2 Å². The number of carbonyl (C=O) groups is 2. The van der Waals surface area contributed by atoms with Crippen LogP contribution in [0.2, 0.25) is 0 Å². The molecule has 2 unspecified atom stereocenters. The second kappa shape index (κ2) is 10.1. The number of nitrogens with one attached hydrogen (secondary N) is 2. The first-order chi connectivity index (χ1) is 17.8. The molecule has 5 rings (SSSR count). The molecule has 1 saturated carbocycles. The van der Waals surface area contributed by atoms with Crippen LogP contribution < -0.4 is 10.1 Å². The predicted molar refractivity (Wildman–Crippen MR) is 135 cm³/mol. The molecule has 0 bridgehead atoms. The van der Waals surface area contributed by atoms with Gasteiger partial charge in [-0.25, -0.2) is 18.7 Å². The van der Waals surface area contributed by atoms with E-state index in [1.807, 2.05) is 13.8 Å². The molecule has 2 aliphatic rings. The van der Waals surface area contributed by atoms with Gasteiger partial charge >= 0.3 is 0 Å². The van der Waals surface area contributed by atoms with Gasteiger partial charge in [0, 0.05) is 36.3 Å². The Bertz CT molecular complexity index is 1340. The van der Waals surface area contributed by atoms with Crippen molar-refractivity contribution in [2.24, 2.45) is 11.8 Å². The number of amides is 2. The number of hydrogen-bond acceptors (Lipinski definition) is 5. The molecular formula is C27H31F2N5O3. The molecule has 2 amide bonds. The van der Waals surface area contributed by atoms with E-state index in [1.165, 1.54) is 18.5 Å². The molecule has 1 aromatic carbocycles. The van der Waals surface area contributed by atoms with E-state index in [9.17, 15) is 18.4 Å². The van der Waals surface area contributed by atoms with E-state index in [2.05, 4.69) is 20.3 Å². The van der Waals surface area contributed by atoms with Crippen molar-refractivity contribution in [3.05, 3.63) is 41.3 Å². The van der Waals surface area contributed by atoms with Gasteiger partial charge in [-0.3, -0.25) is 9.59 Å². The summed E-state index contributed by atoms with van der Waals surface area (Å²) < 4.78 is 33.1. The van der Waals surface area contributed by atoms with E-state index in [4.69, 9.17) is 4.74 Å². The molecule has 1 aliphatic carbocycles. The third-order valence-electron chi connectivity index (χ3n) is 7.26. The molecule has 3 aromatic rings. The number of hydrogen-bond donors (Lipinski definition) is 2. The number of carbonyl (C=O) groups excluding carboxylic acids is 2. The number of fused-ring (bicyclic) bond motifs is 1. The second-order valence-electron chi connectivity index (χ2n) is 10.1. The molecule has 196 valence electrons. The summed E-state index contributed by atoms with van der Waals surface area (Å²) in [6, 6.07) is 4.13. The van der Waals surface area contributed by atoms with Crippen LogP contribution >= 0.6 is 0 Å². The zero-order valence-corrected chi connectivity index (χ0v) is 21.2. The Kier molecular flexibility index (Phi) is 6.83. The third kappa shape index (κ3) is 5.01. The minimum Gasteiger partial charge on any atom is -0.493 e. The fourth-order valence-electron chi connectivity index (χ4n) is 4.91. The summed E-state index contributed by atoms with van der Waals surface area (Å²) in [4.78, 5) is 39.3. The first kappa shape index (κ1) is 25.1. The monoisotopic (exact) mass is 511 g/mol. The molecule has 2 N–H and O–H groups in total. The Hall–Kier alpha value is -3.56. The van der Waals surface area contributed by atoms with Crippen LogP contribution in [0, 0.1) is 18.8 Å². The average molecular weight is 512 g/mol. The zero-order chi connectivity index (χ0) is 26.3. The van der Waals surface area contributed by atoms with Gasteiger partial charge in [-0.1, -0.05) is 13.8 Å². The lowest BCUT2D eigenvalue weighted by Gasteiger charge is -2.17. The van der Waals surface area contributed by atoms with Gasteiger partial charge in [0.2, 0.25) is 5.91 Å². The van der Waals surface area contributed by atoms with Crippen molar-refractivity contribution >= 4 is 22.8 Å². The minimum absolute atomic E-state index is 0.0648. The summed E-state index contributed by atoms with van der Waals surface area (Å²) in [7, 11) is 0. The minimum atomic E-state index is -2.65. The van der Waals surface area contributed by atoms with Crippen molar-refractivity contribution in [2.75, 3.05) is 19.7 Å². The highest BCUT2D eigenvalue weighted by Gasteiger charge is 2.34. The molecule has 3 heterocycles. The lowest BCUT2D eigenvalue weighted by molar-refractivity contribution is -0.129. The standard InChI is InChI=1S/C27H31F2N5O3/c1-4-21(35)34-10-14(2)19(11-34)33-27(36)22-15(3)32-25-23(30-13-31-24(22)25)18-9-17(26(28)29)7-8-20(18)37-12-16-5-6-16/h7-9,13-14,16,19,26,32H,4-6,10-12H2,1-3H3,(H,33,36). The van der Waals surface area contributed by atoms with E-state index in [0.29, 0.717) is 71.3 Å². The SMILES string of the molecule is CCC(=O)N1CC(C)C(NC(=O)c2c(C)[nH]c3c(-c4cc(C(F)F)ccc4OCC4CC4)ncnc23)C1. The number of likely N-dealkylation sites (tertiary alicyclic amines) is 1. The molecule has 1 aliphatic heterocycles. The van der Waals surface area contributed by atoms with Gasteiger partial charge in [-0.15, -0.1) is 0 Å². The van der Waals surface area contributed by atoms with Gasteiger partial charge in [0.1, 0.15) is 23.3 Å². The number of nitrogens with zero attached hydrogens (tertiary/aromatic N) is 3. The maximum absolute atomic E-state index is 13.6. The van der Waals surface area contributed by atoms with Gasteiger partial charge in [-0.2, -0.15) is 0 Å². The number of H-pyrrole nitrogens is 1. The number of rotatable bonds is 8. The first-order valence-electron chi connectivity index (χ1n) is 12.7. The first-order valence-corrected chi connectivity index (χ1v) is 12.7. The van der Waals surface area contributed by atoms with Crippen LogP contribution in [0.5, 0.6) is 5.75 Å². The predicted octanol–water partition coefficient (Wildman–Crippen LogP) is 4.65. The van der Waals surface area contributed by atoms with E-state index in [1.54, 1.807) is 17.9 Å². The Labute approximate surface area is 213 Å². The van der Waals surface area contributed by atoms with Crippen LogP contribution in [-0.4, -0.2) is 57.4 Å². The highest BCUT2D eigenvalue weighted by Crippen LogP contribution is 2.38. The van der Waals surface area contributed by atoms with E-state index in [-0.39, 0.29) is 29.3 Å². The van der Waals surface area contributed by atoms with E-state index in [0.717, 1.165) is 12.8 Å². The van der Waals surface area contributed by atoms with Crippen LogP contribution in [-0.2, 0) is 4.79 Å². The van der Waals surface area contributed by atoms with Crippen molar-refractivity contribution in [2.45, 2.75) is 52.5 Å². The summed E-state index contributed by atoms with van der Waals surface area (Å²) in [5.41, 5.74) is 2.54. The number of benzene rings is 1. The topological polar surface area (TPSA) is 100 Å². The second-order valence-corrected chi connectivity index (χ2v) is 10.1. The van der Waals surface area contributed by atoms with Crippen LogP contribution in [0.3, 0.4) is 0 Å². The normalized spacial score (nSPS) is 19.6. The zero-order valence-electron chi connectivity index (χ0n) is 21.2. The number of alkyl halides is 2. The summed E-state index contributed by atoms with van der Waals surface area (Å²) in [5, 5.41) is 3.07. The molecule has 2 atom stereocenters. The molecular weight excluding hydrogens is 480 g/mol. The summed E-state index contributed by atoms with van der Waals surface area (Å²) in [6.45, 7) is 7.18. The maximum atomic E-state index is 13.6. The quantitative estimate of drug-likeness (QED) is 0.459. The smallest absolute Gasteiger partial charge is 0.263 e. The number of halogens is 2. The van der Waals surface area contributed by atoms with Crippen LogP contribution in [0.15, 0.2) is 24.5 Å². The molecule has 37 heavy (non-hydrogen) atoms. The van der Waals surface area contributed by atoms with Gasteiger partial charge in [0.25, 0.3) is 12.3 Å². The van der Waals surface area contributed by atoms with Crippen molar-refractivity contribution in [3.8, 4) is 17.0 Å². The summed E-state index contributed by atoms with van der Waals surface area (Å²) in [5.74, 6) is 0.823. The number of aryl methyl sites for hydroxylation is 1. The highest BCUT2D eigenvalue weighted by atomic mass is 19.3. The van der Waals surface area contributed by atoms with Crippen LogP contribution in [0.4, 0.5) is 8.78 Å². The van der Waals surface area contributed by atoms with Gasteiger partial charge < -0.3 is 19.9 Å². The fourth-order valence-corrected chi connectivity index (χ4v) is 4.91. The van der Waals surface area contributed by atoms with Crippen molar-refractivity contribution < 1.29 is 23.1 Å². The Balaban J connectivity index is 1.48. The van der Waals surface area contributed by atoms with E-state index >= 15 is 0 Å².